The van der Waals surface area contributed by atoms with Crippen LogP contribution in [0.25, 0.3) is 0 Å². The van der Waals surface area contributed by atoms with Crippen molar-refractivity contribution in [2.75, 3.05) is 27.2 Å². The van der Waals surface area contributed by atoms with Crippen molar-refractivity contribution in [1.29, 1.82) is 0 Å². The maximum atomic E-state index is 13.2. The number of halogens is 3. The van der Waals surface area contributed by atoms with E-state index >= 15 is 0 Å². The zero-order valence-corrected chi connectivity index (χ0v) is 17.2. The largest absolute Gasteiger partial charge is 0.496 e. The molecule has 2 aromatic carbocycles. The van der Waals surface area contributed by atoms with Gasteiger partial charge in [0.05, 0.1) is 7.11 Å². The smallest absolute Gasteiger partial charge is 0.190 e. The minimum absolute atomic E-state index is 0. The molecule has 0 fully saturated rings. The Morgan fingerprint density at radius 2 is 1.62 bits per heavy atom. The molecule has 0 aliphatic rings. The second-order valence-electron chi connectivity index (χ2n) is 5.52. The Morgan fingerprint density at radius 3 is 2.23 bits per heavy atom. The number of rotatable bonds is 7. The highest BCUT2D eigenvalue weighted by Gasteiger charge is 2.04. The standard InChI is InChI=1S/C19H23F2N3O.HI/c1-22-19(23-9-7-14-11-16(20)13-17(21)12-14)24-10-8-15-5-3-4-6-18(15)25-2;/h3-6,11-13H,7-10H2,1-2H3,(H2,22,23,24);1H. The lowest BCUT2D eigenvalue weighted by Crippen LogP contribution is -2.39. The van der Waals surface area contributed by atoms with Gasteiger partial charge in [0.2, 0.25) is 0 Å². The highest BCUT2D eigenvalue weighted by atomic mass is 127. The number of methoxy groups -OCH3 is 1. The van der Waals surface area contributed by atoms with Gasteiger partial charge in [-0.05, 0) is 42.2 Å². The van der Waals surface area contributed by atoms with E-state index in [9.17, 15) is 8.78 Å². The predicted octanol–water partition coefficient (Wildman–Crippen LogP) is 3.54. The molecule has 0 unspecified atom stereocenters. The second kappa shape index (κ2) is 11.7. The van der Waals surface area contributed by atoms with E-state index in [-0.39, 0.29) is 24.0 Å². The van der Waals surface area contributed by atoms with Crippen LogP contribution in [0.5, 0.6) is 5.75 Å². The normalized spacial score (nSPS) is 10.8. The minimum Gasteiger partial charge on any atom is -0.496 e. The van der Waals surface area contributed by atoms with E-state index in [0.717, 1.165) is 23.8 Å². The van der Waals surface area contributed by atoms with Gasteiger partial charge in [-0.25, -0.2) is 8.78 Å². The summed E-state index contributed by atoms with van der Waals surface area (Å²) >= 11 is 0. The molecule has 0 aliphatic heterocycles. The number of benzene rings is 2. The summed E-state index contributed by atoms with van der Waals surface area (Å²) in [6.45, 7) is 1.21. The van der Waals surface area contributed by atoms with Crippen molar-refractivity contribution in [1.82, 2.24) is 10.6 Å². The highest BCUT2D eigenvalue weighted by molar-refractivity contribution is 14.0. The summed E-state index contributed by atoms with van der Waals surface area (Å²) in [4.78, 5) is 4.14. The molecule has 4 nitrogen and oxygen atoms in total. The molecule has 0 heterocycles. The van der Waals surface area contributed by atoms with Crippen LogP contribution in [0, 0.1) is 11.6 Å². The lowest BCUT2D eigenvalue weighted by Gasteiger charge is -2.13. The van der Waals surface area contributed by atoms with Crippen LogP contribution < -0.4 is 15.4 Å². The molecule has 0 atom stereocenters. The Bertz CT molecular complexity index is 705. The molecule has 0 amide bonds. The number of ether oxygens (including phenoxy) is 1. The fraction of sp³-hybridized carbons (Fsp3) is 0.316. The van der Waals surface area contributed by atoms with Gasteiger partial charge < -0.3 is 15.4 Å². The molecule has 7 heteroatoms. The SMILES string of the molecule is CN=C(NCCc1cc(F)cc(F)c1)NCCc1ccccc1OC.I. The number of para-hydroxylation sites is 1. The highest BCUT2D eigenvalue weighted by Crippen LogP contribution is 2.17. The van der Waals surface area contributed by atoms with Gasteiger partial charge in [-0.1, -0.05) is 18.2 Å². The first kappa shape index (κ1) is 22.1. The van der Waals surface area contributed by atoms with Crippen LogP contribution in [-0.2, 0) is 12.8 Å². The van der Waals surface area contributed by atoms with Crippen LogP contribution in [-0.4, -0.2) is 33.2 Å². The van der Waals surface area contributed by atoms with Crippen molar-refractivity contribution >= 4 is 29.9 Å². The van der Waals surface area contributed by atoms with Crippen LogP contribution in [0.15, 0.2) is 47.5 Å². The van der Waals surface area contributed by atoms with E-state index in [0.29, 0.717) is 31.0 Å². The maximum absolute atomic E-state index is 13.2. The van der Waals surface area contributed by atoms with Crippen LogP contribution in [0.3, 0.4) is 0 Å². The van der Waals surface area contributed by atoms with Gasteiger partial charge in [0, 0.05) is 26.2 Å². The first-order valence-corrected chi connectivity index (χ1v) is 8.13. The number of nitrogens with zero attached hydrogens (tertiary/aromatic N) is 1. The second-order valence-corrected chi connectivity index (χ2v) is 5.52. The van der Waals surface area contributed by atoms with Gasteiger partial charge in [0.1, 0.15) is 17.4 Å². The summed E-state index contributed by atoms with van der Waals surface area (Å²) in [5.74, 6) is 0.385. The monoisotopic (exact) mass is 475 g/mol. The van der Waals surface area contributed by atoms with Gasteiger partial charge >= 0.3 is 0 Å². The summed E-state index contributed by atoms with van der Waals surface area (Å²) in [5, 5.41) is 6.35. The van der Waals surface area contributed by atoms with Crippen molar-refractivity contribution in [3.8, 4) is 5.75 Å². The quantitative estimate of drug-likeness (QED) is 0.366. The summed E-state index contributed by atoms with van der Waals surface area (Å²) in [5.41, 5.74) is 1.72. The van der Waals surface area contributed by atoms with Crippen LogP contribution in [0.1, 0.15) is 11.1 Å². The third kappa shape index (κ3) is 7.15. The molecule has 0 saturated heterocycles. The fourth-order valence-corrected chi connectivity index (χ4v) is 2.53. The van der Waals surface area contributed by atoms with Crippen molar-refractivity contribution in [3.05, 3.63) is 65.2 Å². The fourth-order valence-electron chi connectivity index (χ4n) is 2.53. The number of nitrogens with one attached hydrogen (secondary N) is 2. The van der Waals surface area contributed by atoms with Gasteiger partial charge in [-0.15, -0.1) is 24.0 Å². The number of guanidine groups is 1. The van der Waals surface area contributed by atoms with Gasteiger partial charge in [-0.3, -0.25) is 4.99 Å². The molecule has 0 saturated carbocycles. The molecule has 0 radical (unpaired) electrons. The Labute approximate surface area is 170 Å². The lowest BCUT2D eigenvalue weighted by molar-refractivity contribution is 0.409. The van der Waals surface area contributed by atoms with Crippen molar-refractivity contribution < 1.29 is 13.5 Å². The van der Waals surface area contributed by atoms with Gasteiger partial charge in [0.15, 0.2) is 5.96 Å². The van der Waals surface area contributed by atoms with Gasteiger partial charge in [-0.2, -0.15) is 0 Å². The molecule has 0 aromatic heterocycles. The van der Waals surface area contributed by atoms with E-state index in [2.05, 4.69) is 15.6 Å². The summed E-state index contributed by atoms with van der Waals surface area (Å²) in [6, 6.07) is 11.4. The average Bonchev–Trinajstić information content (AvgIpc) is 2.60. The Hall–Kier alpha value is -1.90. The van der Waals surface area contributed by atoms with E-state index in [4.69, 9.17) is 4.74 Å². The van der Waals surface area contributed by atoms with E-state index in [1.54, 1.807) is 14.2 Å². The molecule has 0 bridgehead atoms. The number of aliphatic imine (C=N–C) groups is 1. The van der Waals surface area contributed by atoms with Crippen LogP contribution in [0.2, 0.25) is 0 Å². The Morgan fingerprint density at radius 1 is 1.00 bits per heavy atom. The summed E-state index contributed by atoms with van der Waals surface area (Å²) in [7, 11) is 3.34. The van der Waals surface area contributed by atoms with Gasteiger partial charge in [0.25, 0.3) is 0 Å². The Balaban J connectivity index is 0.00000338. The third-order valence-electron chi connectivity index (χ3n) is 3.73. The van der Waals surface area contributed by atoms with Crippen LogP contribution in [0.4, 0.5) is 8.78 Å². The predicted molar refractivity (Wildman–Crippen MR) is 112 cm³/mol. The molecule has 2 rings (SSSR count). The topological polar surface area (TPSA) is 45.7 Å². The summed E-state index contributed by atoms with van der Waals surface area (Å²) in [6.07, 6.45) is 1.29. The van der Waals surface area contributed by atoms with Crippen molar-refractivity contribution in [2.45, 2.75) is 12.8 Å². The Kier molecular flexibility index (Phi) is 9.93. The number of hydrogen-bond donors (Lipinski definition) is 2. The van der Waals surface area contributed by atoms with E-state index < -0.39 is 11.6 Å². The van der Waals surface area contributed by atoms with Crippen LogP contribution >= 0.6 is 24.0 Å². The minimum atomic E-state index is -0.561. The molecule has 2 aromatic rings. The number of hydrogen-bond acceptors (Lipinski definition) is 2. The third-order valence-corrected chi connectivity index (χ3v) is 3.73. The zero-order chi connectivity index (χ0) is 18.1. The van der Waals surface area contributed by atoms with Crippen molar-refractivity contribution in [3.63, 3.8) is 0 Å². The molecular weight excluding hydrogens is 451 g/mol. The molecule has 142 valence electrons. The molecule has 26 heavy (non-hydrogen) atoms. The molecule has 0 spiro atoms. The average molecular weight is 475 g/mol. The first-order valence-electron chi connectivity index (χ1n) is 8.13. The van der Waals surface area contributed by atoms with E-state index in [1.807, 2.05) is 24.3 Å². The molecule has 0 aliphatic carbocycles. The zero-order valence-electron chi connectivity index (χ0n) is 14.9. The molecule has 2 N–H and O–H groups in total. The maximum Gasteiger partial charge on any atom is 0.190 e. The van der Waals surface area contributed by atoms with Crippen molar-refractivity contribution in [2.24, 2.45) is 4.99 Å². The molecular formula is C19H24F2IN3O. The lowest BCUT2D eigenvalue weighted by atomic mass is 10.1. The summed E-state index contributed by atoms with van der Waals surface area (Å²) < 4.78 is 31.7. The first-order chi connectivity index (χ1) is 12.1. The van der Waals surface area contributed by atoms with E-state index in [1.165, 1.54) is 12.1 Å².